The molecule has 0 saturated heterocycles. The molecule has 110 valence electrons. The van der Waals surface area contributed by atoms with Gasteiger partial charge in [0.2, 0.25) is 5.91 Å². The van der Waals surface area contributed by atoms with Crippen LogP contribution in [0.5, 0.6) is 0 Å². The summed E-state index contributed by atoms with van der Waals surface area (Å²) in [5, 5.41) is 3.02. The maximum Gasteiger partial charge on any atom is 0.231 e. The molecule has 1 aromatic rings. The van der Waals surface area contributed by atoms with Crippen molar-refractivity contribution in [2.24, 2.45) is 11.1 Å². The van der Waals surface area contributed by atoms with Gasteiger partial charge in [-0.2, -0.15) is 0 Å². The predicted molar refractivity (Wildman–Crippen MR) is 83.4 cm³/mol. The van der Waals surface area contributed by atoms with Gasteiger partial charge < -0.3 is 15.8 Å². The second-order valence-electron chi connectivity index (χ2n) is 5.57. The zero-order chi connectivity index (χ0) is 14.8. The predicted octanol–water partition coefficient (Wildman–Crippen LogP) is 3.05. The maximum atomic E-state index is 12.6. The highest BCUT2D eigenvalue weighted by molar-refractivity contribution is 9.10. The Morgan fingerprint density at radius 2 is 2.35 bits per heavy atom. The molecule has 1 fully saturated rings. The molecule has 0 aromatic heterocycles. The van der Waals surface area contributed by atoms with Crippen LogP contribution in [0.1, 0.15) is 31.7 Å². The quantitative estimate of drug-likeness (QED) is 0.885. The van der Waals surface area contributed by atoms with Gasteiger partial charge >= 0.3 is 0 Å². The van der Waals surface area contributed by atoms with Gasteiger partial charge in [-0.25, -0.2) is 0 Å². The number of hydrogen-bond donors (Lipinski definition) is 2. The molecule has 0 bridgehead atoms. The summed E-state index contributed by atoms with van der Waals surface area (Å²) in [4.78, 5) is 12.6. The first-order valence-corrected chi connectivity index (χ1v) is 7.61. The van der Waals surface area contributed by atoms with Gasteiger partial charge in [0.25, 0.3) is 0 Å². The van der Waals surface area contributed by atoms with Gasteiger partial charge in [-0.1, -0.05) is 28.4 Å². The van der Waals surface area contributed by atoms with Crippen molar-refractivity contribution in [3.05, 3.63) is 28.2 Å². The molecule has 0 radical (unpaired) electrons. The molecule has 1 aromatic carbocycles. The van der Waals surface area contributed by atoms with E-state index in [1.807, 2.05) is 25.1 Å². The number of ether oxygens (including phenoxy) is 1. The lowest BCUT2D eigenvalue weighted by atomic mass is 9.84. The van der Waals surface area contributed by atoms with Gasteiger partial charge in [-0.15, -0.1) is 0 Å². The van der Waals surface area contributed by atoms with Crippen molar-refractivity contribution in [1.82, 2.24) is 0 Å². The number of hydrogen-bond acceptors (Lipinski definition) is 3. The molecule has 0 aliphatic heterocycles. The number of benzene rings is 1. The van der Waals surface area contributed by atoms with Crippen molar-refractivity contribution in [3.8, 4) is 0 Å². The minimum Gasteiger partial charge on any atom is -0.380 e. The van der Waals surface area contributed by atoms with E-state index in [4.69, 9.17) is 10.5 Å². The highest BCUT2D eigenvalue weighted by Gasteiger charge is 2.43. The summed E-state index contributed by atoms with van der Waals surface area (Å²) < 4.78 is 6.13. The van der Waals surface area contributed by atoms with E-state index in [0.717, 1.165) is 35.0 Å². The monoisotopic (exact) mass is 340 g/mol. The summed E-state index contributed by atoms with van der Waals surface area (Å²) in [6.07, 6.45) is 2.76. The third-order valence-electron chi connectivity index (χ3n) is 4.20. The summed E-state index contributed by atoms with van der Waals surface area (Å²) in [6, 6.07) is 5.66. The average molecular weight is 341 g/mol. The first kappa shape index (κ1) is 15.5. The second-order valence-corrected chi connectivity index (χ2v) is 6.42. The molecule has 4 nitrogen and oxygen atoms in total. The second kappa shape index (κ2) is 6.24. The van der Waals surface area contributed by atoms with Crippen LogP contribution in [-0.2, 0) is 16.1 Å². The van der Waals surface area contributed by atoms with Crippen molar-refractivity contribution in [2.75, 3.05) is 12.4 Å². The van der Waals surface area contributed by atoms with E-state index in [0.29, 0.717) is 6.61 Å². The van der Waals surface area contributed by atoms with E-state index in [2.05, 4.69) is 21.2 Å². The van der Waals surface area contributed by atoms with Crippen LogP contribution in [0.15, 0.2) is 22.7 Å². The van der Waals surface area contributed by atoms with Crippen molar-refractivity contribution < 1.29 is 9.53 Å². The molecule has 20 heavy (non-hydrogen) atoms. The van der Waals surface area contributed by atoms with Gasteiger partial charge in [-0.3, -0.25) is 4.79 Å². The Bertz CT molecular complexity index is 507. The van der Waals surface area contributed by atoms with Crippen LogP contribution in [0.2, 0.25) is 0 Å². The molecule has 1 saturated carbocycles. The summed E-state index contributed by atoms with van der Waals surface area (Å²) in [5.41, 5.74) is 7.35. The number of anilines is 1. The van der Waals surface area contributed by atoms with Gasteiger partial charge in [-0.05, 0) is 31.9 Å². The third kappa shape index (κ3) is 2.90. The number of carbonyl (C=O) groups excluding carboxylic acids is 1. The summed E-state index contributed by atoms with van der Waals surface area (Å²) >= 11 is 3.49. The van der Waals surface area contributed by atoms with Crippen LogP contribution in [0, 0.1) is 5.41 Å². The van der Waals surface area contributed by atoms with Crippen LogP contribution < -0.4 is 11.1 Å². The zero-order valence-electron chi connectivity index (χ0n) is 11.9. The number of amides is 1. The highest BCUT2D eigenvalue weighted by atomic mass is 79.9. The fraction of sp³-hybridized carbons (Fsp3) is 0.533. The summed E-state index contributed by atoms with van der Waals surface area (Å²) in [7, 11) is 1.64. The lowest BCUT2D eigenvalue weighted by Crippen LogP contribution is -2.44. The topological polar surface area (TPSA) is 64.3 Å². The normalized spacial score (nSPS) is 25.7. The molecule has 3 N–H and O–H groups in total. The first-order valence-electron chi connectivity index (χ1n) is 6.82. The molecule has 5 heteroatoms. The molecular weight excluding hydrogens is 320 g/mol. The molecule has 1 amide bonds. The van der Waals surface area contributed by atoms with E-state index in [1.165, 1.54) is 0 Å². The molecule has 0 heterocycles. The fourth-order valence-electron chi connectivity index (χ4n) is 2.71. The fourth-order valence-corrected chi connectivity index (χ4v) is 3.19. The van der Waals surface area contributed by atoms with E-state index in [9.17, 15) is 4.79 Å². The van der Waals surface area contributed by atoms with Crippen molar-refractivity contribution >= 4 is 27.5 Å². The highest BCUT2D eigenvalue weighted by Crippen LogP contribution is 2.38. The third-order valence-corrected chi connectivity index (χ3v) is 4.95. The molecule has 0 spiro atoms. The van der Waals surface area contributed by atoms with E-state index >= 15 is 0 Å². The van der Waals surface area contributed by atoms with Crippen LogP contribution in [-0.4, -0.2) is 19.1 Å². The number of halogens is 1. The average Bonchev–Trinajstić information content (AvgIpc) is 2.75. The lowest BCUT2D eigenvalue weighted by molar-refractivity contribution is -0.125. The van der Waals surface area contributed by atoms with Gasteiger partial charge in [0.1, 0.15) is 0 Å². The van der Waals surface area contributed by atoms with Crippen molar-refractivity contribution in [3.63, 3.8) is 0 Å². The first-order chi connectivity index (χ1) is 9.49. The number of nitrogens with two attached hydrogens (primary N) is 1. The van der Waals surface area contributed by atoms with Crippen molar-refractivity contribution in [2.45, 2.75) is 38.8 Å². The summed E-state index contributed by atoms with van der Waals surface area (Å²) in [6.45, 7) is 2.40. The minimum atomic E-state index is -0.480. The minimum absolute atomic E-state index is 0.00190. The van der Waals surface area contributed by atoms with Gasteiger partial charge in [0.15, 0.2) is 0 Å². The van der Waals surface area contributed by atoms with E-state index in [1.54, 1.807) is 7.11 Å². The van der Waals surface area contributed by atoms with Crippen molar-refractivity contribution in [1.29, 1.82) is 0 Å². The van der Waals surface area contributed by atoms with Crippen LogP contribution >= 0.6 is 15.9 Å². The zero-order valence-corrected chi connectivity index (χ0v) is 13.5. The molecule has 2 unspecified atom stereocenters. The van der Waals surface area contributed by atoms with Crippen LogP contribution in [0.25, 0.3) is 0 Å². The number of carbonyl (C=O) groups is 1. The van der Waals surface area contributed by atoms with Gasteiger partial charge in [0, 0.05) is 28.9 Å². The Labute approximate surface area is 128 Å². The van der Waals surface area contributed by atoms with Crippen LogP contribution in [0.3, 0.4) is 0 Å². The molecule has 2 atom stereocenters. The van der Waals surface area contributed by atoms with E-state index < -0.39 is 5.41 Å². The Morgan fingerprint density at radius 3 is 2.95 bits per heavy atom. The maximum absolute atomic E-state index is 12.6. The summed E-state index contributed by atoms with van der Waals surface area (Å²) in [5.74, 6) is -0.00190. The van der Waals surface area contributed by atoms with E-state index in [-0.39, 0.29) is 11.9 Å². The standard InChI is InChI=1S/C15H21BrN2O2/c1-15(8-4-7-13(15)17)14(19)18-12-6-3-5-11(16)10(12)9-20-2/h3,5-6,13H,4,7-9,17H2,1-2H3,(H,18,19). The Balaban J connectivity index is 2.22. The number of nitrogens with one attached hydrogen (secondary N) is 1. The molecular formula is C15H21BrN2O2. The van der Waals surface area contributed by atoms with Gasteiger partial charge in [0.05, 0.1) is 12.0 Å². The Kier molecular flexibility index (Phi) is 4.83. The smallest absolute Gasteiger partial charge is 0.231 e. The number of rotatable bonds is 4. The Morgan fingerprint density at radius 1 is 1.60 bits per heavy atom. The molecule has 1 aliphatic carbocycles. The number of methoxy groups -OCH3 is 1. The largest absolute Gasteiger partial charge is 0.380 e. The Hall–Kier alpha value is -0.910. The SMILES string of the molecule is COCc1c(Br)cccc1NC(=O)C1(C)CCCC1N. The lowest BCUT2D eigenvalue weighted by Gasteiger charge is -2.28. The molecule has 1 aliphatic rings. The van der Waals surface area contributed by atoms with Crippen LogP contribution in [0.4, 0.5) is 5.69 Å². The molecule has 2 rings (SSSR count).